The first-order valence-corrected chi connectivity index (χ1v) is 8.04. The van der Waals surface area contributed by atoms with Crippen molar-refractivity contribution in [1.29, 1.82) is 0 Å². The molecule has 0 unspecified atom stereocenters. The predicted octanol–water partition coefficient (Wildman–Crippen LogP) is -2.61. The van der Waals surface area contributed by atoms with Gasteiger partial charge in [-0.2, -0.15) is 0 Å². The second-order valence-electron chi connectivity index (χ2n) is 6.16. The van der Waals surface area contributed by atoms with Gasteiger partial charge in [0.25, 0.3) is 5.91 Å². The molecule has 0 aliphatic heterocycles. The smallest absolute Gasteiger partial charge is 0.279 e. The molecule has 1 aliphatic rings. The van der Waals surface area contributed by atoms with Gasteiger partial charge in [0, 0.05) is 12.3 Å². The standard InChI is InChI=1S/C17H25N3O2.ClH/c18-15(13-9-5-2-6-10-13)17(22)20-14(16(19)21)11-12-7-3-1-4-8-12;/h1,3-4,7-8,13-15H,2,5-6,9-11,18H2,(H2,19,21)(H,20,22);1H/t14-,15-;/m0./s1. The molecule has 2 rings (SSSR count). The number of carbonyl (C=O) groups excluding carboxylic acids is 2. The van der Waals surface area contributed by atoms with Gasteiger partial charge in [-0.1, -0.05) is 49.6 Å². The van der Waals surface area contributed by atoms with Gasteiger partial charge in [0.2, 0.25) is 5.91 Å². The number of benzene rings is 1. The molecule has 1 aromatic carbocycles. The molecule has 23 heavy (non-hydrogen) atoms. The molecule has 2 atom stereocenters. The Hall–Kier alpha value is -1.59. The van der Waals surface area contributed by atoms with Crippen LogP contribution in [0.3, 0.4) is 0 Å². The molecule has 6 heteroatoms. The van der Waals surface area contributed by atoms with E-state index < -0.39 is 11.9 Å². The van der Waals surface area contributed by atoms with Gasteiger partial charge < -0.3 is 29.2 Å². The van der Waals surface area contributed by atoms with Crippen LogP contribution in [0.5, 0.6) is 0 Å². The molecule has 1 aromatic rings. The van der Waals surface area contributed by atoms with Crippen LogP contribution < -0.4 is 29.2 Å². The number of halogens is 1. The second kappa shape index (κ2) is 9.53. The van der Waals surface area contributed by atoms with Crippen molar-refractivity contribution in [3.8, 4) is 0 Å². The van der Waals surface area contributed by atoms with Gasteiger partial charge in [0.1, 0.15) is 6.04 Å². The van der Waals surface area contributed by atoms with Crippen LogP contribution in [0.4, 0.5) is 0 Å². The average molecular weight is 340 g/mol. The van der Waals surface area contributed by atoms with Gasteiger partial charge in [-0.05, 0) is 18.4 Å². The first-order chi connectivity index (χ1) is 10.6. The van der Waals surface area contributed by atoms with Gasteiger partial charge in [-0.25, -0.2) is 0 Å². The van der Waals surface area contributed by atoms with Crippen LogP contribution in [0, 0.1) is 5.92 Å². The lowest BCUT2D eigenvalue weighted by Crippen LogP contribution is -3.00. The lowest BCUT2D eigenvalue weighted by atomic mass is 9.84. The molecule has 1 aliphatic carbocycles. The van der Waals surface area contributed by atoms with E-state index in [9.17, 15) is 9.59 Å². The van der Waals surface area contributed by atoms with E-state index in [1.165, 1.54) is 6.42 Å². The maximum Gasteiger partial charge on any atom is 0.279 e. The SMILES string of the molecule is NC(=O)[C@H](Cc1ccccc1)NC(=O)[C@@H]([NH3+])C1CCCCC1.[Cl-]. The van der Waals surface area contributed by atoms with E-state index in [1.807, 2.05) is 30.3 Å². The maximum absolute atomic E-state index is 12.4. The Kier molecular flexibility index (Phi) is 8.06. The number of rotatable bonds is 6. The molecule has 5 nitrogen and oxygen atoms in total. The van der Waals surface area contributed by atoms with Gasteiger partial charge >= 0.3 is 0 Å². The topological polar surface area (TPSA) is 99.8 Å². The van der Waals surface area contributed by atoms with Crippen LogP contribution in [0.25, 0.3) is 0 Å². The zero-order valence-electron chi connectivity index (χ0n) is 13.3. The van der Waals surface area contributed by atoms with E-state index in [0.717, 1.165) is 31.2 Å². The Morgan fingerprint density at radius 3 is 2.35 bits per heavy atom. The van der Waals surface area contributed by atoms with Gasteiger partial charge in [0.15, 0.2) is 6.04 Å². The van der Waals surface area contributed by atoms with Gasteiger partial charge in [0.05, 0.1) is 0 Å². The lowest BCUT2D eigenvalue weighted by molar-refractivity contribution is -0.418. The van der Waals surface area contributed by atoms with Gasteiger partial charge in [-0.3, -0.25) is 9.59 Å². The van der Waals surface area contributed by atoms with E-state index in [0.29, 0.717) is 12.3 Å². The number of nitrogens with one attached hydrogen (secondary N) is 1. The monoisotopic (exact) mass is 339 g/mol. The summed E-state index contributed by atoms with van der Waals surface area (Å²) in [6, 6.07) is 8.58. The highest BCUT2D eigenvalue weighted by atomic mass is 35.5. The highest BCUT2D eigenvalue weighted by Crippen LogP contribution is 2.25. The largest absolute Gasteiger partial charge is 1.00 e. The summed E-state index contributed by atoms with van der Waals surface area (Å²) in [7, 11) is 0. The Morgan fingerprint density at radius 1 is 1.17 bits per heavy atom. The number of hydrogen-bond acceptors (Lipinski definition) is 2. The summed E-state index contributed by atoms with van der Waals surface area (Å²) in [6.45, 7) is 0. The molecule has 1 saturated carbocycles. The van der Waals surface area contributed by atoms with E-state index in [1.54, 1.807) is 0 Å². The fourth-order valence-electron chi connectivity index (χ4n) is 3.10. The minimum absolute atomic E-state index is 0. The van der Waals surface area contributed by atoms with Crippen LogP contribution in [-0.4, -0.2) is 23.9 Å². The molecule has 2 amide bonds. The minimum Gasteiger partial charge on any atom is -1.00 e. The summed E-state index contributed by atoms with van der Waals surface area (Å²) in [4.78, 5) is 24.0. The number of nitrogens with two attached hydrogens (primary N) is 1. The molecule has 0 aromatic heterocycles. The zero-order valence-corrected chi connectivity index (χ0v) is 14.1. The molecule has 6 N–H and O–H groups in total. The summed E-state index contributed by atoms with van der Waals surface area (Å²) in [5, 5.41) is 2.79. The molecule has 1 fully saturated rings. The van der Waals surface area contributed by atoms with Crippen molar-refractivity contribution in [2.45, 2.75) is 50.6 Å². The number of carbonyl (C=O) groups is 2. The zero-order chi connectivity index (χ0) is 15.9. The van der Waals surface area contributed by atoms with E-state index in [4.69, 9.17) is 5.73 Å². The maximum atomic E-state index is 12.4. The molecular formula is C17H26ClN3O2. The average Bonchev–Trinajstić information content (AvgIpc) is 2.55. The number of amides is 2. The van der Waals surface area contributed by atoms with Crippen LogP contribution in [0.1, 0.15) is 37.7 Å². The Morgan fingerprint density at radius 2 is 1.78 bits per heavy atom. The molecule has 0 spiro atoms. The predicted molar refractivity (Wildman–Crippen MR) is 84.5 cm³/mol. The van der Waals surface area contributed by atoms with E-state index in [-0.39, 0.29) is 24.4 Å². The normalized spacial score (nSPS) is 17.6. The Balaban J connectivity index is 0.00000264. The van der Waals surface area contributed by atoms with Crippen LogP contribution in [0.15, 0.2) is 30.3 Å². The van der Waals surface area contributed by atoms with Gasteiger partial charge in [-0.15, -0.1) is 0 Å². The van der Waals surface area contributed by atoms with Crippen molar-refractivity contribution in [2.75, 3.05) is 0 Å². The Labute approximate surface area is 143 Å². The van der Waals surface area contributed by atoms with Crippen LogP contribution in [-0.2, 0) is 16.0 Å². The number of primary amides is 1. The third-order valence-electron chi connectivity index (χ3n) is 4.50. The number of hydrogen-bond donors (Lipinski definition) is 3. The summed E-state index contributed by atoms with van der Waals surface area (Å²) in [6.07, 6.45) is 6.06. The fourth-order valence-corrected chi connectivity index (χ4v) is 3.10. The molecule has 0 bridgehead atoms. The Bertz CT molecular complexity index is 504. The first-order valence-electron chi connectivity index (χ1n) is 8.04. The lowest BCUT2D eigenvalue weighted by Gasteiger charge is -2.25. The molecule has 0 saturated heterocycles. The summed E-state index contributed by atoms with van der Waals surface area (Å²) in [5.41, 5.74) is 10.4. The molecule has 128 valence electrons. The summed E-state index contributed by atoms with van der Waals surface area (Å²) >= 11 is 0. The van der Waals surface area contributed by atoms with Crippen molar-refractivity contribution < 1.29 is 27.7 Å². The fraction of sp³-hybridized carbons (Fsp3) is 0.529. The quantitative estimate of drug-likeness (QED) is 0.529. The summed E-state index contributed by atoms with van der Waals surface area (Å²) in [5.74, 6) is -0.348. The van der Waals surface area contributed by atoms with Crippen molar-refractivity contribution >= 4 is 11.8 Å². The van der Waals surface area contributed by atoms with Crippen molar-refractivity contribution in [2.24, 2.45) is 11.7 Å². The second-order valence-corrected chi connectivity index (χ2v) is 6.16. The highest BCUT2D eigenvalue weighted by Gasteiger charge is 2.31. The third-order valence-corrected chi connectivity index (χ3v) is 4.50. The van der Waals surface area contributed by atoms with Crippen molar-refractivity contribution in [1.82, 2.24) is 5.32 Å². The van der Waals surface area contributed by atoms with Crippen LogP contribution >= 0.6 is 0 Å². The molecule has 0 radical (unpaired) electrons. The number of quaternary nitrogens is 1. The molecular weight excluding hydrogens is 314 g/mol. The summed E-state index contributed by atoms with van der Waals surface area (Å²) < 4.78 is 0. The molecule has 0 heterocycles. The van der Waals surface area contributed by atoms with Crippen LogP contribution in [0.2, 0.25) is 0 Å². The van der Waals surface area contributed by atoms with Crippen molar-refractivity contribution in [3.05, 3.63) is 35.9 Å². The highest BCUT2D eigenvalue weighted by molar-refractivity contribution is 5.88. The first kappa shape index (κ1) is 19.5. The minimum atomic E-state index is -0.678. The van der Waals surface area contributed by atoms with E-state index in [2.05, 4.69) is 11.1 Å². The van der Waals surface area contributed by atoms with Crippen molar-refractivity contribution in [3.63, 3.8) is 0 Å². The third kappa shape index (κ3) is 5.84. The van der Waals surface area contributed by atoms with E-state index >= 15 is 0 Å².